The van der Waals surface area contributed by atoms with E-state index >= 15 is 0 Å². The van der Waals surface area contributed by atoms with Gasteiger partial charge in [-0.05, 0) is 61.1 Å². The standard InChI is InChI=1S/C25H22Br2N2O4/c1-2-32-21-9-14(3-8-20(21)33-13-17-6-7-18(26)11-19(17)27)12-28-29-24(30)22-15-4-5-16(10-15)23(22)25(29)31/h3-9,11-12,15-16,22-23H,2,10,13H2,1H3/t15-,16-,22-,23+/m0/s1. The van der Waals surface area contributed by atoms with Crippen LogP contribution in [0.1, 0.15) is 24.5 Å². The summed E-state index contributed by atoms with van der Waals surface area (Å²) in [6.07, 6.45) is 6.58. The number of nitrogens with zero attached hydrogens (tertiary/aromatic N) is 2. The Morgan fingerprint density at radius 2 is 1.73 bits per heavy atom. The van der Waals surface area contributed by atoms with E-state index in [1.54, 1.807) is 6.07 Å². The molecule has 2 bridgehead atoms. The number of allylic oxidation sites excluding steroid dienone is 2. The Kier molecular flexibility index (Phi) is 6.14. The third-order valence-electron chi connectivity index (χ3n) is 6.44. The third-order valence-corrected chi connectivity index (χ3v) is 7.67. The number of hydrogen-bond acceptors (Lipinski definition) is 5. The maximum atomic E-state index is 12.8. The summed E-state index contributed by atoms with van der Waals surface area (Å²) in [6, 6.07) is 11.4. The zero-order valence-electron chi connectivity index (χ0n) is 17.9. The number of rotatable bonds is 7. The minimum atomic E-state index is -0.252. The van der Waals surface area contributed by atoms with Crippen LogP contribution in [-0.2, 0) is 16.2 Å². The summed E-state index contributed by atoms with van der Waals surface area (Å²) in [7, 11) is 0. The molecule has 1 saturated heterocycles. The van der Waals surface area contributed by atoms with E-state index in [1.165, 1.54) is 6.21 Å². The molecule has 2 aromatic rings. The SMILES string of the molecule is CCOc1cc(C=NN2C(=O)[C@@H]3[C@H](C2=O)[C@H]2C=C[C@H]3C2)ccc1OCc1ccc(Br)cc1Br. The summed E-state index contributed by atoms with van der Waals surface area (Å²) in [6.45, 7) is 2.75. The van der Waals surface area contributed by atoms with E-state index in [4.69, 9.17) is 9.47 Å². The van der Waals surface area contributed by atoms with Crippen molar-refractivity contribution in [1.29, 1.82) is 0 Å². The highest BCUT2D eigenvalue weighted by Gasteiger charge is 2.59. The molecule has 170 valence electrons. The smallest absolute Gasteiger partial charge is 0.254 e. The van der Waals surface area contributed by atoms with Gasteiger partial charge < -0.3 is 9.47 Å². The summed E-state index contributed by atoms with van der Waals surface area (Å²) in [5.41, 5.74) is 1.72. The van der Waals surface area contributed by atoms with Crippen LogP contribution in [0.3, 0.4) is 0 Å². The Morgan fingerprint density at radius 3 is 2.39 bits per heavy atom. The quantitative estimate of drug-likeness (QED) is 0.255. The van der Waals surface area contributed by atoms with Gasteiger partial charge in [-0.1, -0.05) is 50.1 Å². The number of carbonyl (C=O) groups excluding carboxylic acids is 2. The van der Waals surface area contributed by atoms with E-state index < -0.39 is 0 Å². The molecule has 2 aromatic carbocycles. The molecular formula is C25H22Br2N2O4. The number of carbonyl (C=O) groups is 2. The van der Waals surface area contributed by atoms with Gasteiger partial charge in [0.25, 0.3) is 11.8 Å². The fourth-order valence-electron chi connectivity index (χ4n) is 4.91. The summed E-state index contributed by atoms with van der Waals surface area (Å²) in [5, 5.41) is 5.31. The van der Waals surface area contributed by atoms with Crippen LogP contribution in [0.5, 0.6) is 11.5 Å². The number of fused-ring (bicyclic) bond motifs is 5. The van der Waals surface area contributed by atoms with Crippen molar-refractivity contribution >= 4 is 49.9 Å². The molecule has 2 fully saturated rings. The zero-order valence-corrected chi connectivity index (χ0v) is 21.1. The number of imide groups is 1. The van der Waals surface area contributed by atoms with Gasteiger partial charge in [-0.2, -0.15) is 10.1 Å². The Balaban J connectivity index is 1.31. The van der Waals surface area contributed by atoms with Crippen molar-refractivity contribution in [3.05, 3.63) is 68.6 Å². The van der Waals surface area contributed by atoms with Crippen LogP contribution >= 0.6 is 31.9 Å². The lowest BCUT2D eigenvalue weighted by atomic mass is 9.85. The van der Waals surface area contributed by atoms with Gasteiger partial charge in [0.15, 0.2) is 11.5 Å². The van der Waals surface area contributed by atoms with E-state index in [2.05, 4.69) is 49.1 Å². The molecule has 2 amide bonds. The van der Waals surface area contributed by atoms with Gasteiger partial charge in [-0.25, -0.2) is 0 Å². The van der Waals surface area contributed by atoms with Gasteiger partial charge in [0.2, 0.25) is 0 Å². The van der Waals surface area contributed by atoms with Crippen molar-refractivity contribution in [2.24, 2.45) is 28.8 Å². The first-order valence-electron chi connectivity index (χ1n) is 10.9. The second-order valence-electron chi connectivity index (χ2n) is 8.40. The van der Waals surface area contributed by atoms with Crippen LogP contribution in [0, 0.1) is 23.7 Å². The van der Waals surface area contributed by atoms with Gasteiger partial charge in [-0.15, -0.1) is 0 Å². The molecule has 0 unspecified atom stereocenters. The minimum Gasteiger partial charge on any atom is -0.490 e. The first kappa shape index (κ1) is 22.3. The molecule has 1 aliphatic heterocycles. The van der Waals surface area contributed by atoms with Gasteiger partial charge in [0.1, 0.15) is 6.61 Å². The van der Waals surface area contributed by atoms with Crippen LogP contribution < -0.4 is 9.47 Å². The van der Waals surface area contributed by atoms with Crippen molar-refractivity contribution in [3.8, 4) is 11.5 Å². The molecule has 0 spiro atoms. The Morgan fingerprint density at radius 1 is 1.00 bits per heavy atom. The Bertz CT molecular complexity index is 1150. The number of ether oxygens (including phenoxy) is 2. The van der Waals surface area contributed by atoms with E-state index in [9.17, 15) is 9.59 Å². The van der Waals surface area contributed by atoms with Crippen LogP contribution in [0.2, 0.25) is 0 Å². The van der Waals surface area contributed by atoms with E-state index in [0.29, 0.717) is 24.7 Å². The molecule has 33 heavy (non-hydrogen) atoms. The molecule has 2 aliphatic carbocycles. The van der Waals surface area contributed by atoms with Crippen LogP contribution in [0.4, 0.5) is 0 Å². The fraction of sp³-hybridized carbons (Fsp3) is 0.320. The van der Waals surface area contributed by atoms with Crippen molar-refractivity contribution in [2.45, 2.75) is 20.0 Å². The lowest BCUT2D eigenvalue weighted by molar-refractivity contribution is -0.140. The van der Waals surface area contributed by atoms with Crippen molar-refractivity contribution in [3.63, 3.8) is 0 Å². The largest absolute Gasteiger partial charge is 0.490 e. The predicted octanol–water partition coefficient (Wildman–Crippen LogP) is 5.33. The van der Waals surface area contributed by atoms with E-state index in [1.807, 2.05) is 37.3 Å². The molecule has 3 aliphatic rings. The van der Waals surface area contributed by atoms with E-state index in [-0.39, 0.29) is 35.5 Å². The first-order chi connectivity index (χ1) is 16.0. The molecule has 4 atom stereocenters. The summed E-state index contributed by atoms with van der Waals surface area (Å²) in [4.78, 5) is 25.6. The number of hydrazone groups is 1. The minimum absolute atomic E-state index is 0.170. The summed E-state index contributed by atoms with van der Waals surface area (Å²) < 4.78 is 13.7. The number of halogens is 2. The normalized spacial score (nSPS) is 25.4. The van der Waals surface area contributed by atoms with Gasteiger partial charge in [0.05, 0.1) is 24.7 Å². The average molecular weight is 574 g/mol. The second-order valence-corrected chi connectivity index (χ2v) is 10.2. The summed E-state index contributed by atoms with van der Waals surface area (Å²) >= 11 is 7.00. The van der Waals surface area contributed by atoms with Crippen molar-refractivity contribution in [1.82, 2.24) is 5.01 Å². The topological polar surface area (TPSA) is 68.2 Å². The Hall–Kier alpha value is -2.45. The van der Waals surface area contributed by atoms with Crippen molar-refractivity contribution < 1.29 is 19.1 Å². The van der Waals surface area contributed by atoms with Gasteiger partial charge in [0, 0.05) is 14.5 Å². The molecule has 5 rings (SSSR count). The monoisotopic (exact) mass is 572 g/mol. The first-order valence-corrected chi connectivity index (χ1v) is 12.5. The lowest BCUT2D eigenvalue weighted by Crippen LogP contribution is -2.28. The predicted molar refractivity (Wildman–Crippen MR) is 131 cm³/mol. The summed E-state index contributed by atoms with van der Waals surface area (Å²) in [5.74, 6) is 0.634. The number of benzene rings is 2. The van der Waals surface area contributed by atoms with Gasteiger partial charge in [-0.3, -0.25) is 9.59 Å². The molecular weight excluding hydrogens is 552 g/mol. The molecule has 0 aromatic heterocycles. The van der Waals surface area contributed by atoms with E-state index in [0.717, 1.165) is 31.5 Å². The van der Waals surface area contributed by atoms with Crippen LogP contribution in [0.25, 0.3) is 0 Å². The van der Waals surface area contributed by atoms with Gasteiger partial charge >= 0.3 is 0 Å². The third kappa shape index (κ3) is 4.15. The zero-order chi connectivity index (χ0) is 23.1. The molecule has 6 nitrogen and oxygen atoms in total. The highest BCUT2D eigenvalue weighted by atomic mass is 79.9. The maximum Gasteiger partial charge on any atom is 0.254 e. The van der Waals surface area contributed by atoms with Crippen LogP contribution in [0.15, 0.2) is 62.6 Å². The van der Waals surface area contributed by atoms with Crippen molar-refractivity contribution in [2.75, 3.05) is 6.61 Å². The highest BCUT2D eigenvalue weighted by molar-refractivity contribution is 9.11. The molecule has 8 heteroatoms. The maximum absolute atomic E-state index is 12.8. The highest BCUT2D eigenvalue weighted by Crippen LogP contribution is 2.52. The number of hydrogen-bond donors (Lipinski definition) is 0. The number of amides is 2. The lowest BCUT2D eigenvalue weighted by Gasteiger charge is -2.14. The average Bonchev–Trinajstić information content (AvgIpc) is 3.47. The second kappa shape index (κ2) is 9.06. The Labute approximate surface area is 208 Å². The van der Waals surface area contributed by atoms with Crippen LogP contribution in [-0.4, -0.2) is 29.6 Å². The molecule has 0 radical (unpaired) electrons. The fourth-order valence-corrected chi connectivity index (χ4v) is 6.07. The molecule has 0 N–H and O–H groups in total. The molecule has 1 saturated carbocycles. The molecule has 1 heterocycles.